The summed E-state index contributed by atoms with van der Waals surface area (Å²) < 4.78 is 13.5. The van der Waals surface area contributed by atoms with E-state index in [1.807, 2.05) is 18.2 Å². The predicted octanol–water partition coefficient (Wildman–Crippen LogP) is 2.36. The number of hydrogen-bond donors (Lipinski definition) is 1. The van der Waals surface area contributed by atoms with Gasteiger partial charge in [0.1, 0.15) is 11.4 Å². The van der Waals surface area contributed by atoms with Crippen molar-refractivity contribution in [3.63, 3.8) is 0 Å². The number of nitrogens with two attached hydrogens (primary N) is 1. The topological polar surface area (TPSA) is 61.0 Å². The molecule has 0 saturated heterocycles. The Morgan fingerprint density at radius 1 is 1.38 bits per heavy atom. The second-order valence-corrected chi connectivity index (χ2v) is 3.91. The van der Waals surface area contributed by atoms with E-state index in [-0.39, 0.29) is 0 Å². The highest BCUT2D eigenvalue weighted by Crippen LogP contribution is 2.33. The minimum Gasteiger partial charge on any atom is -0.496 e. The van der Waals surface area contributed by atoms with Gasteiger partial charge in [0.05, 0.1) is 18.8 Å². The van der Waals surface area contributed by atoms with Gasteiger partial charge in [-0.25, -0.2) is 0 Å². The SMILES string of the molecule is CCc1ccc(OC)c(-c2nsnc2N)c1. The maximum Gasteiger partial charge on any atom is 0.165 e. The van der Waals surface area contributed by atoms with Crippen LogP contribution in [0.4, 0.5) is 5.82 Å². The summed E-state index contributed by atoms with van der Waals surface area (Å²) in [7, 11) is 1.64. The molecular formula is C11H13N3OS. The van der Waals surface area contributed by atoms with E-state index in [0.717, 1.165) is 29.5 Å². The van der Waals surface area contributed by atoms with E-state index in [9.17, 15) is 0 Å². The Morgan fingerprint density at radius 2 is 2.19 bits per heavy atom. The minimum absolute atomic E-state index is 0.455. The molecule has 0 aliphatic carbocycles. The summed E-state index contributed by atoms with van der Waals surface area (Å²) in [6, 6.07) is 6.03. The quantitative estimate of drug-likeness (QED) is 0.887. The molecule has 16 heavy (non-hydrogen) atoms. The summed E-state index contributed by atoms with van der Waals surface area (Å²) in [6.07, 6.45) is 0.967. The Morgan fingerprint density at radius 3 is 2.75 bits per heavy atom. The summed E-state index contributed by atoms with van der Waals surface area (Å²) >= 11 is 1.11. The molecule has 1 aromatic carbocycles. The zero-order chi connectivity index (χ0) is 11.5. The number of rotatable bonds is 3. The van der Waals surface area contributed by atoms with Gasteiger partial charge in [0.15, 0.2) is 5.82 Å². The van der Waals surface area contributed by atoms with Gasteiger partial charge in [0, 0.05) is 5.56 Å². The van der Waals surface area contributed by atoms with Crippen LogP contribution in [-0.4, -0.2) is 15.9 Å². The maximum atomic E-state index is 5.77. The lowest BCUT2D eigenvalue weighted by Crippen LogP contribution is -1.94. The number of anilines is 1. The van der Waals surface area contributed by atoms with E-state index < -0.39 is 0 Å². The fourth-order valence-electron chi connectivity index (χ4n) is 1.54. The third-order valence-corrected chi connectivity index (χ3v) is 2.98. The highest BCUT2D eigenvalue weighted by Gasteiger charge is 2.13. The molecule has 0 fully saturated rings. The van der Waals surface area contributed by atoms with Crippen molar-refractivity contribution in [3.8, 4) is 17.0 Å². The fourth-order valence-corrected chi connectivity index (χ4v) is 2.03. The number of ether oxygens (including phenoxy) is 1. The van der Waals surface area contributed by atoms with Crippen molar-refractivity contribution < 1.29 is 4.74 Å². The van der Waals surface area contributed by atoms with Gasteiger partial charge in [-0.15, -0.1) is 0 Å². The lowest BCUT2D eigenvalue weighted by Gasteiger charge is -2.08. The molecule has 0 bridgehead atoms. The summed E-state index contributed by atoms with van der Waals surface area (Å²) in [4.78, 5) is 0. The normalized spacial score (nSPS) is 10.4. The first-order valence-electron chi connectivity index (χ1n) is 5.01. The summed E-state index contributed by atoms with van der Waals surface area (Å²) in [6.45, 7) is 2.11. The lowest BCUT2D eigenvalue weighted by atomic mass is 10.1. The van der Waals surface area contributed by atoms with Crippen LogP contribution in [0.25, 0.3) is 11.3 Å². The number of nitrogen functional groups attached to an aromatic ring is 1. The molecule has 0 unspecified atom stereocenters. The van der Waals surface area contributed by atoms with Crippen molar-refractivity contribution in [1.82, 2.24) is 8.75 Å². The van der Waals surface area contributed by atoms with Crippen LogP contribution in [0.1, 0.15) is 12.5 Å². The molecule has 5 heteroatoms. The van der Waals surface area contributed by atoms with Crippen LogP contribution in [0, 0.1) is 0 Å². The highest BCUT2D eigenvalue weighted by molar-refractivity contribution is 6.99. The van der Waals surface area contributed by atoms with Crippen LogP contribution in [0.5, 0.6) is 5.75 Å². The first kappa shape index (κ1) is 10.9. The van der Waals surface area contributed by atoms with Gasteiger partial charge in [-0.2, -0.15) is 8.75 Å². The van der Waals surface area contributed by atoms with Crippen LogP contribution < -0.4 is 10.5 Å². The van der Waals surface area contributed by atoms with Crippen LogP contribution in [-0.2, 0) is 6.42 Å². The second-order valence-electron chi connectivity index (χ2n) is 3.39. The number of aryl methyl sites for hydroxylation is 1. The van der Waals surface area contributed by atoms with Crippen molar-refractivity contribution in [2.24, 2.45) is 0 Å². The van der Waals surface area contributed by atoms with E-state index in [2.05, 4.69) is 15.7 Å². The minimum atomic E-state index is 0.455. The smallest absolute Gasteiger partial charge is 0.165 e. The van der Waals surface area contributed by atoms with Gasteiger partial charge < -0.3 is 10.5 Å². The van der Waals surface area contributed by atoms with Crippen LogP contribution in [0.15, 0.2) is 18.2 Å². The Hall–Kier alpha value is -1.62. The Kier molecular flexibility index (Phi) is 3.05. The number of aromatic nitrogens is 2. The predicted molar refractivity (Wildman–Crippen MR) is 65.7 cm³/mol. The van der Waals surface area contributed by atoms with Gasteiger partial charge in [-0.1, -0.05) is 13.0 Å². The average Bonchev–Trinajstić information content (AvgIpc) is 2.74. The van der Waals surface area contributed by atoms with Crippen molar-refractivity contribution in [1.29, 1.82) is 0 Å². The zero-order valence-electron chi connectivity index (χ0n) is 9.23. The Labute approximate surface area is 98.4 Å². The molecule has 0 aliphatic heterocycles. The van der Waals surface area contributed by atoms with E-state index >= 15 is 0 Å². The molecule has 1 heterocycles. The van der Waals surface area contributed by atoms with Crippen molar-refractivity contribution in [3.05, 3.63) is 23.8 Å². The third kappa shape index (κ3) is 1.86. The molecule has 0 atom stereocenters. The van der Waals surface area contributed by atoms with Gasteiger partial charge in [0.25, 0.3) is 0 Å². The number of methoxy groups -OCH3 is 1. The molecule has 84 valence electrons. The fraction of sp³-hybridized carbons (Fsp3) is 0.273. The van der Waals surface area contributed by atoms with Crippen LogP contribution in [0.3, 0.4) is 0 Å². The largest absolute Gasteiger partial charge is 0.496 e. The van der Waals surface area contributed by atoms with E-state index in [1.165, 1.54) is 5.56 Å². The van der Waals surface area contributed by atoms with Crippen molar-refractivity contribution in [2.75, 3.05) is 12.8 Å². The van der Waals surface area contributed by atoms with Crippen molar-refractivity contribution in [2.45, 2.75) is 13.3 Å². The van der Waals surface area contributed by atoms with E-state index in [1.54, 1.807) is 7.11 Å². The first-order chi connectivity index (χ1) is 7.76. The van der Waals surface area contributed by atoms with Gasteiger partial charge in [0.2, 0.25) is 0 Å². The van der Waals surface area contributed by atoms with E-state index in [4.69, 9.17) is 10.5 Å². The molecular weight excluding hydrogens is 222 g/mol. The van der Waals surface area contributed by atoms with Gasteiger partial charge >= 0.3 is 0 Å². The maximum absolute atomic E-state index is 5.77. The third-order valence-electron chi connectivity index (χ3n) is 2.44. The molecule has 2 aromatic rings. The lowest BCUT2D eigenvalue weighted by molar-refractivity contribution is 0.416. The molecule has 4 nitrogen and oxygen atoms in total. The molecule has 2 rings (SSSR count). The average molecular weight is 235 g/mol. The number of benzene rings is 1. The molecule has 0 spiro atoms. The summed E-state index contributed by atoms with van der Waals surface area (Å²) in [5, 5.41) is 0. The van der Waals surface area contributed by atoms with Gasteiger partial charge in [-0.3, -0.25) is 0 Å². The molecule has 0 amide bonds. The Balaban J connectivity index is 2.57. The molecule has 0 aliphatic rings. The summed E-state index contributed by atoms with van der Waals surface area (Å²) in [5.41, 5.74) is 8.61. The van der Waals surface area contributed by atoms with Crippen molar-refractivity contribution >= 4 is 17.5 Å². The number of nitrogens with zero attached hydrogens (tertiary/aromatic N) is 2. The van der Waals surface area contributed by atoms with E-state index in [0.29, 0.717) is 11.5 Å². The zero-order valence-corrected chi connectivity index (χ0v) is 10.0. The molecule has 0 radical (unpaired) electrons. The molecule has 0 saturated carbocycles. The van der Waals surface area contributed by atoms with Gasteiger partial charge in [-0.05, 0) is 24.1 Å². The van der Waals surface area contributed by atoms with Crippen LogP contribution in [0.2, 0.25) is 0 Å². The van der Waals surface area contributed by atoms with Crippen LogP contribution >= 0.6 is 11.7 Å². The monoisotopic (exact) mass is 235 g/mol. The number of hydrogen-bond acceptors (Lipinski definition) is 5. The standard InChI is InChI=1S/C11H13N3OS/c1-3-7-4-5-9(15-2)8(6-7)10-11(12)14-16-13-10/h4-6H,3H2,1-2H3,(H2,12,14). The molecule has 2 N–H and O–H groups in total. The summed E-state index contributed by atoms with van der Waals surface area (Å²) in [5.74, 6) is 1.23. The Bertz CT molecular complexity index is 496. The molecule has 1 aromatic heterocycles. The second kappa shape index (κ2) is 4.49. The first-order valence-corrected chi connectivity index (χ1v) is 5.74. The highest BCUT2D eigenvalue weighted by atomic mass is 32.1.